The molecule has 4 heteroatoms. The highest BCUT2D eigenvalue weighted by Gasteiger charge is 2.22. The van der Waals surface area contributed by atoms with Crippen LogP contribution in [-0.2, 0) is 4.79 Å². The SMILES string of the molecule is COc1ccc2c(c1)C(C=CC(C)=CC(=O)O)=CC(C)(C)CS2. The van der Waals surface area contributed by atoms with E-state index in [1.54, 1.807) is 14.0 Å². The molecule has 0 amide bonds. The molecule has 0 aliphatic carbocycles. The molecule has 3 nitrogen and oxygen atoms in total. The average Bonchev–Trinajstić information content (AvgIpc) is 2.60. The second-order valence-electron chi connectivity index (χ2n) is 6.30. The molecule has 122 valence electrons. The zero-order valence-electron chi connectivity index (χ0n) is 13.9. The molecule has 0 saturated heterocycles. The van der Waals surface area contributed by atoms with Crippen LogP contribution in [0.1, 0.15) is 26.3 Å². The molecule has 1 aliphatic rings. The topological polar surface area (TPSA) is 46.5 Å². The Morgan fingerprint density at radius 2 is 2.13 bits per heavy atom. The number of benzene rings is 1. The maximum absolute atomic E-state index is 10.8. The van der Waals surface area contributed by atoms with Gasteiger partial charge in [-0.1, -0.05) is 32.1 Å². The number of hydrogen-bond donors (Lipinski definition) is 1. The van der Waals surface area contributed by atoms with Gasteiger partial charge in [-0.05, 0) is 47.2 Å². The van der Waals surface area contributed by atoms with Gasteiger partial charge in [0.2, 0.25) is 0 Å². The van der Waals surface area contributed by atoms with Crippen LogP contribution >= 0.6 is 11.8 Å². The Morgan fingerprint density at radius 3 is 2.78 bits per heavy atom. The third-order valence-corrected chi connectivity index (χ3v) is 5.08. The van der Waals surface area contributed by atoms with Gasteiger partial charge in [0.05, 0.1) is 7.11 Å². The van der Waals surface area contributed by atoms with Crippen molar-refractivity contribution in [2.45, 2.75) is 25.7 Å². The molecule has 2 rings (SSSR count). The normalized spacial score (nSPS) is 17.4. The van der Waals surface area contributed by atoms with Crippen LogP contribution in [0, 0.1) is 5.41 Å². The van der Waals surface area contributed by atoms with E-state index in [0.717, 1.165) is 22.6 Å². The number of allylic oxidation sites excluding steroid dienone is 5. The lowest BCUT2D eigenvalue weighted by Crippen LogP contribution is -2.09. The lowest BCUT2D eigenvalue weighted by Gasteiger charge is -2.17. The lowest BCUT2D eigenvalue weighted by atomic mass is 9.90. The number of rotatable bonds is 4. The highest BCUT2D eigenvalue weighted by atomic mass is 32.2. The van der Waals surface area contributed by atoms with E-state index in [2.05, 4.69) is 26.0 Å². The van der Waals surface area contributed by atoms with Crippen molar-refractivity contribution in [2.75, 3.05) is 12.9 Å². The van der Waals surface area contributed by atoms with Crippen LogP contribution in [0.5, 0.6) is 5.75 Å². The van der Waals surface area contributed by atoms with Crippen LogP contribution in [-0.4, -0.2) is 23.9 Å². The van der Waals surface area contributed by atoms with Crippen LogP contribution in [0.15, 0.2) is 53.0 Å². The number of hydrogen-bond acceptors (Lipinski definition) is 3. The molecule has 0 saturated carbocycles. The summed E-state index contributed by atoms with van der Waals surface area (Å²) in [7, 11) is 1.66. The summed E-state index contributed by atoms with van der Waals surface area (Å²) >= 11 is 1.83. The van der Waals surface area contributed by atoms with E-state index in [1.165, 1.54) is 11.0 Å². The smallest absolute Gasteiger partial charge is 0.328 e. The second kappa shape index (κ2) is 7.09. The van der Waals surface area contributed by atoms with E-state index in [4.69, 9.17) is 9.84 Å². The maximum atomic E-state index is 10.8. The molecule has 0 bridgehead atoms. The number of carbonyl (C=O) groups is 1. The third-order valence-electron chi connectivity index (χ3n) is 3.52. The van der Waals surface area contributed by atoms with Crippen molar-refractivity contribution >= 4 is 23.3 Å². The van der Waals surface area contributed by atoms with Crippen LogP contribution < -0.4 is 4.74 Å². The highest BCUT2D eigenvalue weighted by molar-refractivity contribution is 7.99. The fraction of sp³-hybridized carbons (Fsp3) is 0.316. The van der Waals surface area contributed by atoms with Crippen molar-refractivity contribution in [1.82, 2.24) is 0 Å². The van der Waals surface area contributed by atoms with E-state index >= 15 is 0 Å². The molecule has 23 heavy (non-hydrogen) atoms. The standard InChI is InChI=1S/C19H22O3S/c1-13(9-18(20)21)5-6-14-11-19(2,3)12-23-17-8-7-15(22-4)10-16(14)17/h5-11H,12H2,1-4H3,(H,20,21). The molecule has 1 aromatic rings. The Hall–Kier alpha value is -1.94. The molecule has 0 fully saturated rings. The number of thioether (sulfide) groups is 1. The van der Waals surface area contributed by atoms with Crippen molar-refractivity contribution in [2.24, 2.45) is 5.41 Å². The maximum Gasteiger partial charge on any atom is 0.328 e. The van der Waals surface area contributed by atoms with Gasteiger partial charge >= 0.3 is 5.97 Å². The van der Waals surface area contributed by atoms with Gasteiger partial charge in [-0.15, -0.1) is 11.8 Å². The Morgan fingerprint density at radius 1 is 1.39 bits per heavy atom. The van der Waals surface area contributed by atoms with Crippen molar-refractivity contribution < 1.29 is 14.6 Å². The summed E-state index contributed by atoms with van der Waals surface area (Å²) in [6.07, 6.45) is 7.28. The van der Waals surface area contributed by atoms with E-state index in [-0.39, 0.29) is 5.41 Å². The van der Waals surface area contributed by atoms with Crippen LogP contribution in [0.4, 0.5) is 0 Å². The van der Waals surface area contributed by atoms with Crippen molar-refractivity contribution in [3.05, 3.63) is 53.6 Å². The molecule has 0 spiro atoms. The van der Waals surface area contributed by atoms with Crippen molar-refractivity contribution in [3.63, 3.8) is 0 Å². The molecule has 0 unspecified atom stereocenters. The first-order valence-electron chi connectivity index (χ1n) is 7.44. The van der Waals surface area contributed by atoms with Gasteiger partial charge in [-0.3, -0.25) is 0 Å². The summed E-state index contributed by atoms with van der Waals surface area (Å²) < 4.78 is 5.35. The zero-order valence-corrected chi connectivity index (χ0v) is 14.7. The van der Waals surface area contributed by atoms with Crippen LogP contribution in [0.3, 0.4) is 0 Å². The van der Waals surface area contributed by atoms with Gasteiger partial charge in [0.15, 0.2) is 0 Å². The van der Waals surface area contributed by atoms with Crippen LogP contribution in [0.25, 0.3) is 5.57 Å². The molecule has 1 aliphatic heterocycles. The monoisotopic (exact) mass is 330 g/mol. The first-order valence-corrected chi connectivity index (χ1v) is 8.43. The van der Waals surface area contributed by atoms with Gasteiger partial charge in [-0.25, -0.2) is 4.79 Å². The van der Waals surface area contributed by atoms with Gasteiger partial charge in [0.1, 0.15) is 5.75 Å². The minimum absolute atomic E-state index is 0.0566. The van der Waals surface area contributed by atoms with Crippen LogP contribution in [0.2, 0.25) is 0 Å². The molecular weight excluding hydrogens is 308 g/mol. The lowest BCUT2D eigenvalue weighted by molar-refractivity contribution is -0.131. The second-order valence-corrected chi connectivity index (χ2v) is 7.32. The van der Waals surface area contributed by atoms with Gasteiger partial charge in [-0.2, -0.15) is 0 Å². The van der Waals surface area contributed by atoms with Gasteiger partial charge < -0.3 is 9.84 Å². The van der Waals surface area contributed by atoms with E-state index in [0.29, 0.717) is 5.57 Å². The number of methoxy groups -OCH3 is 1. The number of aliphatic carboxylic acids is 1. The van der Waals surface area contributed by atoms with Gasteiger partial charge in [0, 0.05) is 16.7 Å². The summed E-state index contributed by atoms with van der Waals surface area (Å²) in [6.45, 7) is 6.20. The summed E-state index contributed by atoms with van der Waals surface area (Å²) in [6, 6.07) is 6.10. The predicted molar refractivity (Wildman–Crippen MR) is 96.0 cm³/mol. The number of carboxylic acids is 1. The summed E-state index contributed by atoms with van der Waals surface area (Å²) in [5.41, 5.74) is 2.98. The van der Waals surface area contributed by atoms with E-state index in [9.17, 15) is 4.79 Å². The molecule has 0 radical (unpaired) electrons. The van der Waals surface area contributed by atoms with E-state index < -0.39 is 5.97 Å². The quantitative estimate of drug-likeness (QED) is 0.636. The zero-order chi connectivity index (χ0) is 17.0. The largest absolute Gasteiger partial charge is 0.497 e. The number of fused-ring (bicyclic) bond motifs is 1. The number of carboxylic acid groups (broad SMARTS) is 1. The summed E-state index contributed by atoms with van der Waals surface area (Å²) in [4.78, 5) is 12.0. The molecule has 0 atom stereocenters. The number of ether oxygens (including phenoxy) is 1. The Labute approximate surface area is 141 Å². The summed E-state index contributed by atoms with van der Waals surface area (Å²) in [5.74, 6) is 0.884. The van der Waals surface area contributed by atoms with Crippen molar-refractivity contribution in [3.8, 4) is 5.75 Å². The first kappa shape index (κ1) is 17.4. The predicted octanol–water partition coefficient (Wildman–Crippen LogP) is 4.80. The Balaban J connectivity index is 2.48. The minimum Gasteiger partial charge on any atom is -0.497 e. The molecule has 1 heterocycles. The molecule has 1 aromatic carbocycles. The Kier molecular flexibility index (Phi) is 5.37. The van der Waals surface area contributed by atoms with Crippen molar-refractivity contribution in [1.29, 1.82) is 0 Å². The molecule has 1 N–H and O–H groups in total. The molecular formula is C19H22O3S. The third kappa shape index (κ3) is 4.76. The average molecular weight is 330 g/mol. The highest BCUT2D eigenvalue weighted by Crippen LogP contribution is 2.41. The fourth-order valence-electron chi connectivity index (χ4n) is 2.39. The first-order chi connectivity index (χ1) is 10.8. The Bertz CT molecular complexity index is 697. The summed E-state index contributed by atoms with van der Waals surface area (Å²) in [5, 5.41) is 8.83. The minimum atomic E-state index is -0.931. The van der Waals surface area contributed by atoms with E-state index in [1.807, 2.05) is 36.0 Å². The van der Waals surface area contributed by atoms with Gasteiger partial charge in [0.25, 0.3) is 0 Å². The molecule has 0 aromatic heterocycles. The fourth-order valence-corrected chi connectivity index (χ4v) is 3.50.